The summed E-state index contributed by atoms with van der Waals surface area (Å²) < 4.78 is 27.5. The normalized spacial score (nSPS) is 11.0. The molecule has 0 aromatic heterocycles. The number of carbonyl (C=O) groups is 8. The third kappa shape index (κ3) is 32.4. The lowest BCUT2D eigenvalue weighted by Gasteiger charge is -2.22. The summed E-state index contributed by atoms with van der Waals surface area (Å²) in [7, 11) is -1.13. The molecule has 0 amide bonds. The number of esters is 3. The van der Waals surface area contributed by atoms with Crippen molar-refractivity contribution < 1.29 is 71.0 Å². The molecule has 0 saturated carbocycles. The molecule has 0 aromatic rings. The van der Waals surface area contributed by atoms with E-state index in [0.29, 0.717) is 18.2 Å². The van der Waals surface area contributed by atoms with Gasteiger partial charge in [-0.25, -0.2) is 33.6 Å². The number of halogens is 3. The van der Waals surface area contributed by atoms with Crippen LogP contribution in [0.15, 0.2) is 48.6 Å². The summed E-state index contributed by atoms with van der Waals surface area (Å²) >= 11 is 15.6. The zero-order valence-electron chi connectivity index (χ0n) is 22.9. The van der Waals surface area contributed by atoms with Crippen molar-refractivity contribution in [2.45, 2.75) is 20.0 Å². The number of carbonyl (C=O) groups excluding carboxylic acids is 7. The van der Waals surface area contributed by atoms with Crippen molar-refractivity contribution in [3.63, 3.8) is 0 Å². The van der Waals surface area contributed by atoms with Crippen molar-refractivity contribution >= 4 is 95.6 Å². The molecule has 0 aliphatic rings. The molecular formula is C22H27Cl3O15Si2. The quantitative estimate of drug-likeness (QED) is 0.108. The van der Waals surface area contributed by atoms with Gasteiger partial charge in [0.1, 0.15) is 0 Å². The van der Waals surface area contributed by atoms with Crippen LogP contribution in [0.5, 0.6) is 0 Å². The van der Waals surface area contributed by atoms with Crippen LogP contribution in [0.4, 0.5) is 0 Å². The summed E-state index contributed by atoms with van der Waals surface area (Å²) in [5, 5.41) is 7.92. The molecule has 0 bridgehead atoms. The summed E-state index contributed by atoms with van der Waals surface area (Å²) in [6, 6.07) is -2.19. The van der Waals surface area contributed by atoms with E-state index in [9.17, 15) is 38.4 Å². The van der Waals surface area contributed by atoms with Gasteiger partial charge in [-0.05, 0) is 19.5 Å². The lowest BCUT2D eigenvalue weighted by molar-refractivity contribution is -0.145. The Hall–Kier alpha value is -3.78. The van der Waals surface area contributed by atoms with E-state index in [-0.39, 0.29) is 5.78 Å². The Morgan fingerprint density at radius 1 is 0.524 bits per heavy atom. The Morgan fingerprint density at radius 3 is 0.929 bits per heavy atom. The molecule has 20 heteroatoms. The molecule has 0 heterocycles. The van der Waals surface area contributed by atoms with Crippen molar-refractivity contribution in [3.8, 4) is 0 Å². The number of methoxy groups -OCH3 is 3. The van der Waals surface area contributed by atoms with Crippen LogP contribution in [0.3, 0.4) is 0 Å². The fourth-order valence-corrected chi connectivity index (χ4v) is 2.94. The predicted molar refractivity (Wildman–Crippen MR) is 150 cm³/mol. The SMILES string of the molecule is CC(=O)/C=C/C(=O)O.COC(=O)/C=C/C(=O)O[Si](C)(OC(=O)/C=C/C(=O)OC)OC(=O)/C=C/C(=O)OC.C[Si](Cl)(Cl)Cl. The number of allylic oxidation sites excluding steroid dienone is 1. The Kier molecular flexibility index (Phi) is 23.2. The maximum atomic E-state index is 11.8. The second-order valence-corrected chi connectivity index (χ2v) is 19.2. The maximum Gasteiger partial charge on any atom is 0.702 e. The molecule has 15 nitrogen and oxygen atoms in total. The first-order valence-electron chi connectivity index (χ1n) is 10.6. The highest BCUT2D eigenvalue weighted by atomic mass is 35.8. The van der Waals surface area contributed by atoms with Gasteiger partial charge in [-0.1, -0.05) is 0 Å². The summed E-state index contributed by atoms with van der Waals surface area (Å²) in [6.45, 7) is 3.92. The second-order valence-electron chi connectivity index (χ2n) is 6.76. The van der Waals surface area contributed by atoms with E-state index in [1.54, 1.807) is 6.55 Å². The zero-order chi connectivity index (χ0) is 33.5. The minimum Gasteiger partial charge on any atom is -0.478 e. The Labute approximate surface area is 256 Å². The van der Waals surface area contributed by atoms with Gasteiger partial charge in [-0.15, -0.1) is 33.2 Å². The topological polar surface area (TPSA) is 212 Å². The minimum absolute atomic E-state index is 0.257. The number of carboxylic acids is 1. The van der Waals surface area contributed by atoms with Gasteiger partial charge in [-0.2, -0.15) is 0 Å². The fraction of sp³-hybridized carbons (Fsp3) is 0.273. The second kappa shape index (κ2) is 22.9. The van der Waals surface area contributed by atoms with Crippen molar-refractivity contribution in [1.29, 1.82) is 0 Å². The van der Waals surface area contributed by atoms with Gasteiger partial charge >= 0.3 is 56.6 Å². The molecule has 0 atom stereocenters. The molecule has 42 heavy (non-hydrogen) atoms. The van der Waals surface area contributed by atoms with Gasteiger partial charge < -0.3 is 32.6 Å². The van der Waals surface area contributed by atoms with E-state index in [0.717, 1.165) is 58.3 Å². The number of aliphatic carboxylic acids is 1. The summed E-state index contributed by atoms with van der Waals surface area (Å²) in [6.07, 6.45) is 5.90. The number of ketones is 1. The van der Waals surface area contributed by atoms with Crippen LogP contribution >= 0.6 is 33.2 Å². The molecule has 0 fully saturated rings. The summed E-state index contributed by atoms with van der Waals surface area (Å²) in [5.41, 5.74) is 0. The molecule has 0 aliphatic carbocycles. The van der Waals surface area contributed by atoms with Gasteiger partial charge in [0.15, 0.2) is 5.78 Å². The monoisotopic (exact) mass is 692 g/mol. The lowest BCUT2D eigenvalue weighted by atomic mass is 10.4. The molecule has 0 radical (unpaired) electrons. The van der Waals surface area contributed by atoms with E-state index in [1.807, 2.05) is 0 Å². The van der Waals surface area contributed by atoms with Crippen LogP contribution in [0.1, 0.15) is 6.92 Å². The van der Waals surface area contributed by atoms with E-state index >= 15 is 0 Å². The molecule has 0 spiro atoms. The Bertz CT molecular complexity index is 989. The third-order valence-electron chi connectivity index (χ3n) is 2.99. The van der Waals surface area contributed by atoms with Crippen LogP contribution in [0.2, 0.25) is 13.1 Å². The predicted octanol–water partition coefficient (Wildman–Crippen LogP) is 1.86. The number of rotatable bonds is 11. The van der Waals surface area contributed by atoms with Crippen molar-refractivity contribution in [2.24, 2.45) is 0 Å². The van der Waals surface area contributed by atoms with Crippen molar-refractivity contribution in [2.75, 3.05) is 21.3 Å². The molecule has 0 unspecified atom stereocenters. The number of hydrogen-bond donors (Lipinski definition) is 1. The number of carboxylic acid groups (broad SMARTS) is 1. The Balaban J connectivity index is -0.000000962. The molecule has 234 valence electrons. The van der Waals surface area contributed by atoms with Gasteiger partial charge in [0.05, 0.1) is 21.3 Å². The highest BCUT2D eigenvalue weighted by Gasteiger charge is 2.47. The Morgan fingerprint density at radius 2 is 0.762 bits per heavy atom. The van der Waals surface area contributed by atoms with Gasteiger partial charge in [0.25, 0.3) is 0 Å². The summed E-state index contributed by atoms with van der Waals surface area (Å²) in [5.74, 6) is -7.56. The fourth-order valence-electron chi connectivity index (χ4n) is 1.51. The minimum atomic E-state index is -4.34. The highest BCUT2D eigenvalue weighted by Crippen LogP contribution is 2.17. The van der Waals surface area contributed by atoms with Crippen LogP contribution in [0, 0.1) is 0 Å². The maximum absolute atomic E-state index is 11.8. The molecule has 0 saturated heterocycles. The van der Waals surface area contributed by atoms with Gasteiger partial charge in [0.2, 0.25) is 0 Å². The highest BCUT2D eigenvalue weighted by molar-refractivity contribution is 7.64. The lowest BCUT2D eigenvalue weighted by Crippen LogP contribution is -2.46. The molecule has 0 aliphatic heterocycles. The average molecular weight is 694 g/mol. The van der Waals surface area contributed by atoms with Crippen molar-refractivity contribution in [1.82, 2.24) is 0 Å². The first-order chi connectivity index (χ1) is 19.2. The average Bonchev–Trinajstić information content (AvgIpc) is 2.86. The van der Waals surface area contributed by atoms with Crippen LogP contribution in [0.25, 0.3) is 0 Å². The van der Waals surface area contributed by atoms with E-state index in [1.165, 1.54) is 6.92 Å². The third-order valence-corrected chi connectivity index (χ3v) is 4.70. The standard InChI is InChI=1S/C16H18O12Si.C5H6O3.CH3Cl3Si/c1-23-11(17)5-8-14(20)26-29(4,27-15(21)9-6-12(18)24-2)28-16(22)10-7-13(19)25-3;1-4(6)2-3-5(7)8;1-5(2,3)4/h5-10H,1-4H3;2-3H,1H3,(H,7,8);1H3/b8-5+,9-6+,10-7+;3-2+;. The molecule has 0 rings (SSSR count). The molecule has 0 aromatic carbocycles. The van der Waals surface area contributed by atoms with Gasteiger partial charge in [0, 0.05) is 49.1 Å². The van der Waals surface area contributed by atoms with Gasteiger partial charge in [-0.3, -0.25) is 4.79 Å². The van der Waals surface area contributed by atoms with Crippen molar-refractivity contribution in [3.05, 3.63) is 48.6 Å². The molecular weight excluding hydrogens is 667 g/mol. The first-order valence-corrected chi connectivity index (χ1v) is 18.4. The van der Waals surface area contributed by atoms with E-state index in [4.69, 9.17) is 51.6 Å². The van der Waals surface area contributed by atoms with Crippen LogP contribution in [-0.4, -0.2) is 88.8 Å². The number of hydrogen-bond acceptors (Lipinski definition) is 14. The zero-order valence-corrected chi connectivity index (χ0v) is 27.2. The van der Waals surface area contributed by atoms with E-state index in [2.05, 4.69) is 14.2 Å². The van der Waals surface area contributed by atoms with E-state index < -0.39 is 56.6 Å². The van der Waals surface area contributed by atoms with Crippen LogP contribution < -0.4 is 0 Å². The first kappa shape index (κ1) is 42.7. The number of ether oxygens (including phenoxy) is 3. The molecule has 1 N–H and O–H groups in total. The van der Waals surface area contributed by atoms with Crippen LogP contribution in [-0.2, 0) is 65.8 Å². The largest absolute Gasteiger partial charge is 0.702 e. The summed E-state index contributed by atoms with van der Waals surface area (Å²) in [4.78, 5) is 88.1. The smallest absolute Gasteiger partial charge is 0.478 e.